The Bertz CT molecular complexity index is 365. The van der Waals surface area contributed by atoms with Gasteiger partial charge in [0.1, 0.15) is 11.6 Å². The van der Waals surface area contributed by atoms with Crippen LogP contribution in [0.4, 0.5) is 8.78 Å². The molecule has 0 spiro atoms. The highest BCUT2D eigenvalue weighted by molar-refractivity contribution is 9.10. The smallest absolute Gasteiger partial charge is 0.143 e. The highest BCUT2D eigenvalue weighted by Crippen LogP contribution is 2.37. The number of rotatable bonds is 0. The molecule has 70 valence electrons. The number of fused-ring (bicyclic) bond motifs is 1. The van der Waals surface area contributed by atoms with Crippen LogP contribution in [-0.4, -0.2) is 5.11 Å². The molecule has 0 heterocycles. The Morgan fingerprint density at radius 2 is 2.15 bits per heavy atom. The van der Waals surface area contributed by atoms with Gasteiger partial charge in [0.05, 0.1) is 10.6 Å². The molecule has 0 saturated carbocycles. The molecule has 1 aromatic rings. The molecule has 1 nitrogen and oxygen atoms in total. The molecule has 0 aromatic heterocycles. The average molecular weight is 249 g/mol. The summed E-state index contributed by atoms with van der Waals surface area (Å²) in [4.78, 5) is 0. The molecule has 1 aliphatic rings. The first-order valence-corrected chi connectivity index (χ1v) is 4.75. The van der Waals surface area contributed by atoms with Crippen molar-refractivity contribution in [2.75, 3.05) is 0 Å². The van der Waals surface area contributed by atoms with Crippen molar-refractivity contribution in [1.29, 1.82) is 0 Å². The topological polar surface area (TPSA) is 20.2 Å². The minimum absolute atomic E-state index is 0.0738. The number of halogens is 3. The minimum Gasteiger partial charge on any atom is -0.388 e. The summed E-state index contributed by atoms with van der Waals surface area (Å²) in [5, 5.41) is 9.38. The van der Waals surface area contributed by atoms with E-state index in [-0.39, 0.29) is 10.0 Å². The second kappa shape index (κ2) is 3.03. The molecule has 1 aliphatic carbocycles. The molecule has 0 bridgehead atoms. The molecule has 4 heteroatoms. The fourth-order valence-electron chi connectivity index (χ4n) is 1.68. The quantitative estimate of drug-likeness (QED) is 0.701. The minimum atomic E-state index is -0.859. The number of hydrogen-bond donors (Lipinski definition) is 1. The van der Waals surface area contributed by atoms with Crippen molar-refractivity contribution >= 4 is 15.9 Å². The van der Waals surface area contributed by atoms with Crippen molar-refractivity contribution in [1.82, 2.24) is 0 Å². The van der Waals surface area contributed by atoms with E-state index in [1.165, 1.54) is 0 Å². The highest BCUT2D eigenvalue weighted by Gasteiger charge is 2.28. The van der Waals surface area contributed by atoms with Crippen LogP contribution in [0.5, 0.6) is 0 Å². The molecule has 2 rings (SSSR count). The summed E-state index contributed by atoms with van der Waals surface area (Å²) >= 11 is 2.90. The van der Waals surface area contributed by atoms with Gasteiger partial charge in [-0.15, -0.1) is 0 Å². The van der Waals surface area contributed by atoms with E-state index in [1.807, 2.05) is 0 Å². The molecular formula is C9H7BrF2O. The second-order valence-electron chi connectivity index (χ2n) is 3.10. The molecule has 0 radical (unpaired) electrons. The van der Waals surface area contributed by atoms with Gasteiger partial charge in [-0.2, -0.15) is 0 Å². The normalized spacial score (nSPS) is 20.5. The maximum atomic E-state index is 13.4. The predicted molar refractivity (Wildman–Crippen MR) is 47.3 cm³/mol. The third-order valence-electron chi connectivity index (χ3n) is 2.31. The summed E-state index contributed by atoms with van der Waals surface area (Å²) in [6, 6.07) is 1.10. The first-order chi connectivity index (χ1) is 6.11. The first kappa shape index (κ1) is 9.09. The summed E-state index contributed by atoms with van der Waals surface area (Å²) in [5.74, 6) is -0.985. The van der Waals surface area contributed by atoms with Gasteiger partial charge in [-0.3, -0.25) is 0 Å². The van der Waals surface area contributed by atoms with Crippen LogP contribution in [0.3, 0.4) is 0 Å². The predicted octanol–water partition coefficient (Wildman–Crippen LogP) is 2.71. The second-order valence-corrected chi connectivity index (χ2v) is 3.96. The zero-order chi connectivity index (χ0) is 9.59. The van der Waals surface area contributed by atoms with Crippen molar-refractivity contribution in [2.45, 2.75) is 18.9 Å². The van der Waals surface area contributed by atoms with Crippen molar-refractivity contribution < 1.29 is 13.9 Å². The van der Waals surface area contributed by atoms with E-state index in [2.05, 4.69) is 15.9 Å². The van der Waals surface area contributed by atoms with Crippen LogP contribution in [0.2, 0.25) is 0 Å². The zero-order valence-corrected chi connectivity index (χ0v) is 8.24. The third kappa shape index (κ3) is 1.28. The van der Waals surface area contributed by atoms with Gasteiger partial charge in [-0.25, -0.2) is 8.78 Å². The molecule has 0 amide bonds. The van der Waals surface area contributed by atoms with Crippen LogP contribution in [0, 0.1) is 11.6 Å². The van der Waals surface area contributed by atoms with Crippen LogP contribution in [0.15, 0.2) is 10.5 Å². The van der Waals surface area contributed by atoms with E-state index >= 15 is 0 Å². The van der Waals surface area contributed by atoms with E-state index in [9.17, 15) is 13.9 Å². The molecule has 0 saturated heterocycles. The van der Waals surface area contributed by atoms with Crippen LogP contribution in [0.1, 0.15) is 23.7 Å². The average Bonchev–Trinajstić information content (AvgIpc) is 2.44. The fourth-order valence-corrected chi connectivity index (χ4v) is 2.09. The fraction of sp³-hybridized carbons (Fsp3) is 0.333. The lowest BCUT2D eigenvalue weighted by atomic mass is 10.1. The standard InChI is InChI=1S/C9H7BrF2O/c10-5-3-6(11)4-1-2-7(13)8(4)9(5)12/h3,7,13H,1-2H2. The Hall–Kier alpha value is -0.480. The van der Waals surface area contributed by atoms with Crippen molar-refractivity contribution in [3.05, 3.63) is 33.3 Å². The van der Waals surface area contributed by atoms with Crippen molar-refractivity contribution in [3.63, 3.8) is 0 Å². The summed E-state index contributed by atoms with van der Waals surface area (Å²) in [6.45, 7) is 0. The van der Waals surface area contributed by atoms with Gasteiger partial charge in [-0.05, 0) is 40.4 Å². The van der Waals surface area contributed by atoms with Crippen molar-refractivity contribution in [2.24, 2.45) is 0 Å². The van der Waals surface area contributed by atoms with Gasteiger partial charge >= 0.3 is 0 Å². The van der Waals surface area contributed by atoms with Crippen LogP contribution in [-0.2, 0) is 6.42 Å². The maximum absolute atomic E-state index is 13.4. The van der Waals surface area contributed by atoms with Gasteiger partial charge in [0.25, 0.3) is 0 Å². The molecule has 1 N–H and O–H groups in total. The van der Waals surface area contributed by atoms with Gasteiger partial charge < -0.3 is 5.11 Å². The SMILES string of the molecule is OC1CCc2c(F)cc(Br)c(F)c21. The van der Waals surface area contributed by atoms with E-state index < -0.39 is 17.7 Å². The summed E-state index contributed by atoms with van der Waals surface area (Å²) in [6.07, 6.45) is -0.0476. The third-order valence-corrected chi connectivity index (χ3v) is 2.89. The zero-order valence-electron chi connectivity index (χ0n) is 6.65. The number of aliphatic hydroxyl groups is 1. The van der Waals surface area contributed by atoms with Crippen LogP contribution < -0.4 is 0 Å². The van der Waals surface area contributed by atoms with Crippen molar-refractivity contribution in [3.8, 4) is 0 Å². The maximum Gasteiger partial charge on any atom is 0.143 e. The summed E-state index contributed by atoms with van der Waals surface area (Å²) in [7, 11) is 0. The Morgan fingerprint density at radius 3 is 2.85 bits per heavy atom. The Labute approximate surface area is 82.5 Å². The van der Waals surface area contributed by atoms with Gasteiger partial charge in [0.15, 0.2) is 0 Å². The van der Waals surface area contributed by atoms with E-state index in [0.29, 0.717) is 18.4 Å². The van der Waals surface area contributed by atoms with Crippen LogP contribution >= 0.6 is 15.9 Å². The summed E-state index contributed by atoms with van der Waals surface area (Å²) < 4.78 is 26.6. The Kier molecular flexibility index (Phi) is 2.12. The molecule has 0 fully saturated rings. The van der Waals surface area contributed by atoms with Gasteiger partial charge in [0, 0.05) is 5.56 Å². The lowest BCUT2D eigenvalue weighted by Crippen LogP contribution is -1.98. The number of hydrogen-bond acceptors (Lipinski definition) is 1. The van der Waals surface area contributed by atoms with E-state index in [1.54, 1.807) is 0 Å². The number of aliphatic hydroxyl groups excluding tert-OH is 1. The van der Waals surface area contributed by atoms with E-state index in [0.717, 1.165) is 6.07 Å². The lowest BCUT2D eigenvalue weighted by molar-refractivity contribution is 0.175. The highest BCUT2D eigenvalue weighted by atomic mass is 79.9. The first-order valence-electron chi connectivity index (χ1n) is 3.95. The molecule has 1 atom stereocenters. The molecule has 13 heavy (non-hydrogen) atoms. The largest absolute Gasteiger partial charge is 0.388 e. The Morgan fingerprint density at radius 1 is 1.46 bits per heavy atom. The van der Waals surface area contributed by atoms with Gasteiger partial charge in [0.2, 0.25) is 0 Å². The van der Waals surface area contributed by atoms with E-state index in [4.69, 9.17) is 0 Å². The number of benzene rings is 1. The molecular weight excluding hydrogens is 242 g/mol. The molecule has 1 unspecified atom stereocenters. The van der Waals surface area contributed by atoms with Gasteiger partial charge in [-0.1, -0.05) is 0 Å². The molecule has 0 aliphatic heterocycles. The lowest BCUT2D eigenvalue weighted by Gasteiger charge is -2.07. The monoisotopic (exact) mass is 248 g/mol. The Balaban J connectivity index is 2.70. The van der Waals surface area contributed by atoms with Crippen LogP contribution in [0.25, 0.3) is 0 Å². The molecule has 1 aromatic carbocycles. The summed E-state index contributed by atoms with van der Waals surface area (Å²) in [5.41, 5.74) is 0.431.